The SMILES string of the molecule is CCCCC1CC(NCCO)CN(C2CCC2)C1. The van der Waals surface area contributed by atoms with Crippen molar-refractivity contribution in [3.8, 4) is 0 Å². The number of rotatable bonds is 7. The van der Waals surface area contributed by atoms with E-state index in [4.69, 9.17) is 5.11 Å². The van der Waals surface area contributed by atoms with Crippen LogP contribution in [0.5, 0.6) is 0 Å². The van der Waals surface area contributed by atoms with Gasteiger partial charge in [-0.3, -0.25) is 4.90 Å². The zero-order valence-corrected chi connectivity index (χ0v) is 11.9. The van der Waals surface area contributed by atoms with Gasteiger partial charge in [0, 0.05) is 31.7 Å². The first-order valence-corrected chi connectivity index (χ1v) is 7.91. The van der Waals surface area contributed by atoms with E-state index in [1.807, 2.05) is 0 Å². The molecule has 0 aromatic heterocycles. The molecule has 0 amide bonds. The van der Waals surface area contributed by atoms with E-state index in [9.17, 15) is 0 Å². The number of hydrogen-bond donors (Lipinski definition) is 2. The summed E-state index contributed by atoms with van der Waals surface area (Å²) in [6.45, 7) is 5.83. The van der Waals surface area contributed by atoms with Gasteiger partial charge in [-0.1, -0.05) is 26.2 Å². The Morgan fingerprint density at radius 2 is 2.11 bits per heavy atom. The molecule has 1 heterocycles. The summed E-state index contributed by atoms with van der Waals surface area (Å²) in [7, 11) is 0. The van der Waals surface area contributed by atoms with Crippen molar-refractivity contribution in [1.82, 2.24) is 10.2 Å². The second kappa shape index (κ2) is 7.46. The quantitative estimate of drug-likeness (QED) is 0.729. The molecule has 0 spiro atoms. The van der Waals surface area contributed by atoms with Crippen LogP contribution in [0.4, 0.5) is 0 Å². The van der Waals surface area contributed by atoms with Crippen molar-refractivity contribution < 1.29 is 5.11 Å². The maximum atomic E-state index is 8.96. The third kappa shape index (κ3) is 3.94. The maximum absolute atomic E-state index is 8.96. The van der Waals surface area contributed by atoms with Gasteiger partial charge in [-0.25, -0.2) is 0 Å². The van der Waals surface area contributed by atoms with E-state index in [0.29, 0.717) is 6.04 Å². The van der Waals surface area contributed by atoms with E-state index >= 15 is 0 Å². The number of piperidine rings is 1. The van der Waals surface area contributed by atoms with Gasteiger partial charge in [0.1, 0.15) is 0 Å². The van der Waals surface area contributed by atoms with Gasteiger partial charge >= 0.3 is 0 Å². The van der Waals surface area contributed by atoms with Crippen LogP contribution in [-0.2, 0) is 0 Å². The van der Waals surface area contributed by atoms with Crippen LogP contribution in [0.3, 0.4) is 0 Å². The smallest absolute Gasteiger partial charge is 0.0556 e. The lowest BCUT2D eigenvalue weighted by molar-refractivity contribution is 0.0546. The van der Waals surface area contributed by atoms with Gasteiger partial charge in [-0.05, 0) is 31.6 Å². The van der Waals surface area contributed by atoms with Crippen molar-refractivity contribution in [3.05, 3.63) is 0 Å². The van der Waals surface area contributed by atoms with Gasteiger partial charge in [-0.15, -0.1) is 0 Å². The van der Waals surface area contributed by atoms with Crippen LogP contribution in [0, 0.1) is 5.92 Å². The Morgan fingerprint density at radius 1 is 1.28 bits per heavy atom. The van der Waals surface area contributed by atoms with E-state index in [1.54, 1.807) is 0 Å². The monoisotopic (exact) mass is 254 g/mol. The Balaban J connectivity index is 1.82. The first-order chi connectivity index (χ1) is 8.83. The van der Waals surface area contributed by atoms with Crippen molar-refractivity contribution in [2.24, 2.45) is 5.92 Å². The van der Waals surface area contributed by atoms with Gasteiger partial charge in [0.2, 0.25) is 0 Å². The summed E-state index contributed by atoms with van der Waals surface area (Å²) >= 11 is 0. The third-order valence-electron chi connectivity index (χ3n) is 4.67. The number of hydrogen-bond acceptors (Lipinski definition) is 3. The van der Waals surface area contributed by atoms with Crippen LogP contribution >= 0.6 is 0 Å². The molecule has 3 heteroatoms. The molecule has 1 aliphatic carbocycles. The molecule has 0 aromatic rings. The Kier molecular flexibility index (Phi) is 5.93. The Hall–Kier alpha value is -0.120. The van der Waals surface area contributed by atoms with Gasteiger partial charge in [0.15, 0.2) is 0 Å². The van der Waals surface area contributed by atoms with Crippen molar-refractivity contribution in [2.45, 2.75) is 64.0 Å². The topological polar surface area (TPSA) is 35.5 Å². The molecule has 2 unspecified atom stereocenters. The van der Waals surface area contributed by atoms with Crippen molar-refractivity contribution in [1.29, 1.82) is 0 Å². The molecule has 18 heavy (non-hydrogen) atoms. The van der Waals surface area contributed by atoms with Crippen LogP contribution < -0.4 is 5.32 Å². The lowest BCUT2D eigenvalue weighted by atomic mass is 9.84. The van der Waals surface area contributed by atoms with Gasteiger partial charge in [0.05, 0.1) is 6.61 Å². The van der Waals surface area contributed by atoms with E-state index in [2.05, 4.69) is 17.1 Å². The maximum Gasteiger partial charge on any atom is 0.0556 e. The Bertz CT molecular complexity index is 215. The molecule has 0 radical (unpaired) electrons. The second-order valence-electron chi connectivity index (χ2n) is 6.16. The highest BCUT2D eigenvalue weighted by atomic mass is 16.3. The van der Waals surface area contributed by atoms with Crippen molar-refractivity contribution >= 4 is 0 Å². The van der Waals surface area contributed by atoms with E-state index in [1.165, 1.54) is 58.0 Å². The number of aliphatic hydroxyl groups excluding tert-OH is 1. The number of unbranched alkanes of at least 4 members (excludes halogenated alkanes) is 1. The molecular formula is C15H30N2O. The molecule has 0 aromatic carbocycles. The van der Waals surface area contributed by atoms with Crippen LogP contribution in [0.15, 0.2) is 0 Å². The molecule has 2 aliphatic rings. The van der Waals surface area contributed by atoms with Gasteiger partial charge in [-0.2, -0.15) is 0 Å². The number of aliphatic hydroxyl groups is 1. The van der Waals surface area contributed by atoms with Crippen molar-refractivity contribution in [3.63, 3.8) is 0 Å². The molecule has 0 bridgehead atoms. The third-order valence-corrected chi connectivity index (χ3v) is 4.67. The highest BCUT2D eigenvalue weighted by molar-refractivity contribution is 4.89. The van der Waals surface area contributed by atoms with Crippen LogP contribution in [0.1, 0.15) is 51.9 Å². The largest absolute Gasteiger partial charge is 0.395 e. The molecule has 2 rings (SSSR count). The van der Waals surface area contributed by atoms with E-state index in [-0.39, 0.29) is 6.61 Å². The number of nitrogens with one attached hydrogen (secondary N) is 1. The highest BCUT2D eigenvalue weighted by Gasteiger charge is 2.33. The Labute approximate surface area is 112 Å². The minimum atomic E-state index is 0.263. The molecule has 2 N–H and O–H groups in total. The predicted molar refractivity (Wildman–Crippen MR) is 75.7 cm³/mol. The van der Waals surface area contributed by atoms with Crippen LogP contribution in [-0.4, -0.2) is 48.3 Å². The highest BCUT2D eigenvalue weighted by Crippen LogP contribution is 2.30. The number of likely N-dealkylation sites (tertiary alicyclic amines) is 1. The minimum Gasteiger partial charge on any atom is -0.395 e. The first kappa shape index (κ1) is 14.3. The summed E-state index contributed by atoms with van der Waals surface area (Å²) in [4.78, 5) is 2.72. The summed E-state index contributed by atoms with van der Waals surface area (Å²) in [5.41, 5.74) is 0. The first-order valence-electron chi connectivity index (χ1n) is 7.91. The molecular weight excluding hydrogens is 224 g/mol. The second-order valence-corrected chi connectivity index (χ2v) is 6.16. The standard InChI is InChI=1S/C15H30N2O/c1-2-3-5-13-10-14(16-8-9-18)12-17(11-13)15-6-4-7-15/h13-16,18H,2-12H2,1H3. The van der Waals surface area contributed by atoms with Crippen LogP contribution in [0.25, 0.3) is 0 Å². The fraction of sp³-hybridized carbons (Fsp3) is 1.00. The Morgan fingerprint density at radius 3 is 2.72 bits per heavy atom. The zero-order chi connectivity index (χ0) is 12.8. The summed E-state index contributed by atoms with van der Waals surface area (Å²) < 4.78 is 0. The molecule has 2 atom stereocenters. The molecule has 1 saturated heterocycles. The van der Waals surface area contributed by atoms with Crippen LogP contribution in [0.2, 0.25) is 0 Å². The normalized spacial score (nSPS) is 30.3. The van der Waals surface area contributed by atoms with Gasteiger partial charge in [0.25, 0.3) is 0 Å². The molecule has 1 aliphatic heterocycles. The molecule has 2 fully saturated rings. The summed E-state index contributed by atoms with van der Waals surface area (Å²) in [6, 6.07) is 1.47. The summed E-state index contributed by atoms with van der Waals surface area (Å²) in [6.07, 6.45) is 9.63. The summed E-state index contributed by atoms with van der Waals surface area (Å²) in [5.74, 6) is 0.871. The predicted octanol–water partition coefficient (Wildman–Crippen LogP) is 2.00. The minimum absolute atomic E-state index is 0.263. The van der Waals surface area contributed by atoms with E-state index in [0.717, 1.165) is 18.5 Å². The zero-order valence-electron chi connectivity index (χ0n) is 11.9. The fourth-order valence-corrected chi connectivity index (χ4v) is 3.41. The van der Waals surface area contributed by atoms with Gasteiger partial charge < -0.3 is 10.4 Å². The average Bonchev–Trinajstić information content (AvgIpc) is 2.31. The lowest BCUT2D eigenvalue weighted by Gasteiger charge is -2.45. The average molecular weight is 254 g/mol. The fourth-order valence-electron chi connectivity index (χ4n) is 3.41. The lowest BCUT2D eigenvalue weighted by Crippen LogP contribution is -2.54. The van der Waals surface area contributed by atoms with E-state index < -0.39 is 0 Å². The number of nitrogens with zero attached hydrogens (tertiary/aromatic N) is 1. The molecule has 3 nitrogen and oxygen atoms in total. The molecule has 1 saturated carbocycles. The van der Waals surface area contributed by atoms with Crippen molar-refractivity contribution in [2.75, 3.05) is 26.2 Å². The molecule has 106 valence electrons. The summed E-state index contributed by atoms with van der Waals surface area (Å²) in [5, 5.41) is 12.5.